The molecule has 0 radical (unpaired) electrons. The minimum absolute atomic E-state index is 0.118. The van der Waals surface area contributed by atoms with Gasteiger partial charge in [0.1, 0.15) is 6.04 Å². The van der Waals surface area contributed by atoms with Crippen LogP contribution in [-0.2, 0) is 29.0 Å². The van der Waals surface area contributed by atoms with E-state index in [4.69, 9.17) is 23.2 Å². The molecule has 0 fully saturated rings. The molecule has 6 heteroatoms. The Morgan fingerprint density at radius 2 is 1.61 bits per heavy atom. The minimum atomic E-state index is -0.650. The molecular formula is C27H28Cl2N2O2. The van der Waals surface area contributed by atoms with Crippen LogP contribution in [-0.4, -0.2) is 29.3 Å². The van der Waals surface area contributed by atoms with Crippen molar-refractivity contribution in [3.05, 3.63) is 105 Å². The van der Waals surface area contributed by atoms with Crippen molar-refractivity contribution in [3.63, 3.8) is 0 Å². The number of nitrogens with zero attached hydrogens (tertiary/aromatic N) is 1. The maximum Gasteiger partial charge on any atom is 0.243 e. The first-order valence-electron chi connectivity index (χ1n) is 11.0. The van der Waals surface area contributed by atoms with E-state index in [1.807, 2.05) is 68.4 Å². The summed E-state index contributed by atoms with van der Waals surface area (Å²) in [7, 11) is 0. The van der Waals surface area contributed by atoms with Crippen LogP contribution in [0, 0.1) is 6.92 Å². The number of benzene rings is 3. The van der Waals surface area contributed by atoms with Gasteiger partial charge in [-0.2, -0.15) is 0 Å². The Morgan fingerprint density at radius 1 is 0.879 bits per heavy atom. The van der Waals surface area contributed by atoms with Crippen LogP contribution >= 0.6 is 23.2 Å². The first kappa shape index (κ1) is 24.8. The van der Waals surface area contributed by atoms with Crippen LogP contribution in [0.3, 0.4) is 0 Å². The molecule has 2 amide bonds. The number of halogens is 2. The first-order chi connectivity index (χ1) is 15.9. The quantitative estimate of drug-likeness (QED) is 0.430. The molecule has 0 bridgehead atoms. The van der Waals surface area contributed by atoms with Gasteiger partial charge in [-0.3, -0.25) is 9.59 Å². The SMILES string of the molecule is CCNC(=O)C(Cc1ccccc1)N(Cc1cccc(C)c1)C(=O)Cc1ccc(Cl)c(Cl)c1. The topological polar surface area (TPSA) is 49.4 Å². The third-order valence-electron chi connectivity index (χ3n) is 5.40. The molecule has 0 aliphatic heterocycles. The fourth-order valence-electron chi connectivity index (χ4n) is 3.78. The van der Waals surface area contributed by atoms with E-state index in [9.17, 15) is 9.59 Å². The number of carbonyl (C=O) groups excluding carboxylic acids is 2. The summed E-state index contributed by atoms with van der Waals surface area (Å²) in [6, 6.07) is 22.3. The van der Waals surface area contributed by atoms with E-state index in [-0.39, 0.29) is 18.2 Å². The van der Waals surface area contributed by atoms with E-state index in [2.05, 4.69) is 5.32 Å². The van der Waals surface area contributed by atoms with Gasteiger partial charge >= 0.3 is 0 Å². The standard InChI is InChI=1S/C27H28Cl2N2O2/c1-3-30-27(33)25(16-20-9-5-4-6-10-20)31(18-22-11-7-8-19(2)14-22)26(32)17-21-12-13-23(28)24(29)15-21/h4-15,25H,3,16-18H2,1-2H3,(H,30,33). The average Bonchev–Trinajstić information content (AvgIpc) is 2.79. The van der Waals surface area contributed by atoms with E-state index in [1.165, 1.54) is 0 Å². The summed E-state index contributed by atoms with van der Waals surface area (Å²) >= 11 is 12.2. The van der Waals surface area contributed by atoms with Gasteiger partial charge in [0.05, 0.1) is 16.5 Å². The second kappa shape index (κ2) is 11.9. The Bertz CT molecular complexity index is 1100. The summed E-state index contributed by atoms with van der Waals surface area (Å²) in [5.74, 6) is -0.321. The van der Waals surface area contributed by atoms with Crippen molar-refractivity contribution in [1.29, 1.82) is 0 Å². The number of amides is 2. The molecule has 0 saturated heterocycles. The van der Waals surface area contributed by atoms with Crippen molar-refractivity contribution in [2.75, 3.05) is 6.54 Å². The van der Waals surface area contributed by atoms with Crippen LogP contribution in [0.5, 0.6) is 0 Å². The largest absolute Gasteiger partial charge is 0.355 e. The van der Waals surface area contributed by atoms with E-state index in [0.717, 1.165) is 22.3 Å². The molecule has 0 saturated carbocycles. The Balaban J connectivity index is 1.96. The van der Waals surface area contributed by atoms with Gasteiger partial charge in [-0.25, -0.2) is 0 Å². The molecule has 0 aliphatic rings. The van der Waals surface area contributed by atoms with Crippen molar-refractivity contribution >= 4 is 35.0 Å². The van der Waals surface area contributed by atoms with Gasteiger partial charge in [0.2, 0.25) is 11.8 Å². The van der Waals surface area contributed by atoms with Crippen LogP contribution < -0.4 is 5.32 Å². The second-order valence-electron chi connectivity index (χ2n) is 8.04. The lowest BCUT2D eigenvalue weighted by Crippen LogP contribution is -2.50. The highest BCUT2D eigenvalue weighted by molar-refractivity contribution is 6.42. The highest BCUT2D eigenvalue weighted by atomic mass is 35.5. The molecule has 3 rings (SSSR count). The molecule has 172 valence electrons. The number of nitrogens with one attached hydrogen (secondary N) is 1. The molecule has 1 N–H and O–H groups in total. The van der Waals surface area contributed by atoms with Gasteiger partial charge in [-0.15, -0.1) is 0 Å². The molecule has 4 nitrogen and oxygen atoms in total. The van der Waals surface area contributed by atoms with Gasteiger partial charge < -0.3 is 10.2 Å². The van der Waals surface area contributed by atoms with Crippen molar-refractivity contribution in [2.24, 2.45) is 0 Å². The second-order valence-corrected chi connectivity index (χ2v) is 8.85. The summed E-state index contributed by atoms with van der Waals surface area (Å²) in [6.07, 6.45) is 0.541. The third-order valence-corrected chi connectivity index (χ3v) is 6.14. The highest BCUT2D eigenvalue weighted by Gasteiger charge is 2.30. The smallest absolute Gasteiger partial charge is 0.243 e. The van der Waals surface area contributed by atoms with Gasteiger partial charge in [-0.1, -0.05) is 89.4 Å². The minimum Gasteiger partial charge on any atom is -0.355 e. The Labute approximate surface area is 205 Å². The maximum absolute atomic E-state index is 13.6. The average molecular weight is 483 g/mol. The Kier molecular flexibility index (Phi) is 8.93. The van der Waals surface area contributed by atoms with Crippen molar-refractivity contribution in [3.8, 4) is 0 Å². The Hall–Kier alpha value is -2.82. The summed E-state index contributed by atoms with van der Waals surface area (Å²) in [4.78, 5) is 28.4. The zero-order valence-electron chi connectivity index (χ0n) is 18.9. The van der Waals surface area contributed by atoms with Crippen LogP contribution in [0.1, 0.15) is 29.2 Å². The van der Waals surface area contributed by atoms with Crippen molar-refractivity contribution in [1.82, 2.24) is 10.2 Å². The molecule has 1 unspecified atom stereocenters. The molecule has 0 heterocycles. The lowest BCUT2D eigenvalue weighted by molar-refractivity contribution is -0.140. The maximum atomic E-state index is 13.6. The van der Waals surface area contributed by atoms with Crippen LogP contribution in [0.2, 0.25) is 10.0 Å². The summed E-state index contributed by atoms with van der Waals surface area (Å²) in [5.41, 5.74) is 3.81. The summed E-state index contributed by atoms with van der Waals surface area (Å²) < 4.78 is 0. The third kappa shape index (κ3) is 7.08. The van der Waals surface area contributed by atoms with Crippen LogP contribution in [0.25, 0.3) is 0 Å². The van der Waals surface area contributed by atoms with Gasteiger partial charge in [-0.05, 0) is 42.7 Å². The van der Waals surface area contributed by atoms with E-state index in [1.54, 1.807) is 23.1 Å². The zero-order chi connectivity index (χ0) is 23.8. The number of carbonyl (C=O) groups is 2. The monoisotopic (exact) mass is 482 g/mol. The predicted octanol–water partition coefficient (Wildman–Crippen LogP) is 5.62. The normalized spacial score (nSPS) is 11.6. The molecule has 3 aromatic rings. The molecule has 3 aromatic carbocycles. The molecule has 33 heavy (non-hydrogen) atoms. The summed E-state index contributed by atoms with van der Waals surface area (Å²) in [5, 5.41) is 3.75. The van der Waals surface area contributed by atoms with E-state index < -0.39 is 6.04 Å². The lowest BCUT2D eigenvalue weighted by atomic mass is 10.0. The molecular weight excluding hydrogens is 455 g/mol. The number of hydrogen-bond donors (Lipinski definition) is 1. The molecule has 0 aliphatic carbocycles. The molecule has 0 aromatic heterocycles. The summed E-state index contributed by atoms with van der Waals surface area (Å²) in [6.45, 7) is 4.70. The van der Waals surface area contributed by atoms with Crippen LogP contribution in [0.15, 0.2) is 72.8 Å². The predicted molar refractivity (Wildman–Crippen MR) is 135 cm³/mol. The van der Waals surface area contributed by atoms with Crippen molar-refractivity contribution in [2.45, 2.75) is 39.3 Å². The molecule has 1 atom stereocenters. The fourth-order valence-corrected chi connectivity index (χ4v) is 4.10. The zero-order valence-corrected chi connectivity index (χ0v) is 20.4. The lowest BCUT2D eigenvalue weighted by Gasteiger charge is -2.31. The Morgan fingerprint density at radius 3 is 2.27 bits per heavy atom. The van der Waals surface area contributed by atoms with E-state index >= 15 is 0 Å². The van der Waals surface area contributed by atoms with Gasteiger partial charge in [0.25, 0.3) is 0 Å². The number of rotatable bonds is 9. The number of hydrogen-bond acceptors (Lipinski definition) is 2. The van der Waals surface area contributed by atoms with Gasteiger partial charge in [0.15, 0.2) is 0 Å². The van der Waals surface area contributed by atoms with Gasteiger partial charge in [0, 0.05) is 19.5 Å². The van der Waals surface area contributed by atoms with E-state index in [0.29, 0.717) is 29.6 Å². The number of likely N-dealkylation sites (N-methyl/N-ethyl adjacent to an activating group) is 1. The number of aryl methyl sites for hydroxylation is 1. The fraction of sp³-hybridized carbons (Fsp3) is 0.259. The van der Waals surface area contributed by atoms with Crippen molar-refractivity contribution < 1.29 is 9.59 Å². The molecule has 0 spiro atoms. The highest BCUT2D eigenvalue weighted by Crippen LogP contribution is 2.24. The first-order valence-corrected chi connectivity index (χ1v) is 11.7. The van der Waals surface area contributed by atoms with Crippen LogP contribution in [0.4, 0.5) is 0 Å².